The maximum Gasteiger partial charge on any atom is 0.0892 e. The Morgan fingerprint density at radius 3 is 1.25 bits per heavy atom. The Bertz CT molecular complexity index is 1340. The first-order valence-corrected chi connectivity index (χ1v) is 16.5. The minimum Gasteiger partial charge on any atom is -0.375 e. The lowest BCUT2D eigenvalue weighted by Gasteiger charge is -2.19. The van der Waals surface area contributed by atoms with Gasteiger partial charge in [-0.15, -0.1) is 0 Å². The molecule has 4 heteroatoms. The van der Waals surface area contributed by atoms with Crippen molar-refractivity contribution in [3.63, 3.8) is 0 Å². The highest BCUT2D eigenvalue weighted by Crippen LogP contribution is 2.21. The molecule has 0 aliphatic heterocycles. The molecule has 4 aromatic rings. The van der Waals surface area contributed by atoms with E-state index in [1.54, 1.807) is 0 Å². The third-order valence-electron chi connectivity index (χ3n) is 8.13. The van der Waals surface area contributed by atoms with E-state index in [1.165, 1.54) is 73.9 Å². The molecule has 0 fully saturated rings. The van der Waals surface area contributed by atoms with E-state index in [-0.39, 0.29) is 0 Å². The zero-order chi connectivity index (χ0) is 31.0. The molecule has 2 aromatic heterocycles. The molecule has 4 nitrogen and oxygen atoms in total. The highest BCUT2D eigenvalue weighted by molar-refractivity contribution is 5.74. The number of hydrogen-bond donors (Lipinski definition) is 0. The molecule has 0 saturated carbocycles. The van der Waals surface area contributed by atoms with Crippen LogP contribution in [0.4, 0.5) is 11.4 Å². The van der Waals surface area contributed by atoms with Crippen molar-refractivity contribution in [1.82, 2.24) is 9.97 Å². The molecule has 0 aliphatic carbocycles. The summed E-state index contributed by atoms with van der Waals surface area (Å²) in [5.41, 5.74) is 8.84. The van der Waals surface area contributed by atoms with Gasteiger partial charge in [-0.3, -0.25) is 9.97 Å². The molecule has 0 atom stereocenters. The number of aromatic nitrogens is 2. The molecule has 230 valence electrons. The van der Waals surface area contributed by atoms with Gasteiger partial charge in [-0.1, -0.05) is 101 Å². The Balaban J connectivity index is 1.35. The smallest absolute Gasteiger partial charge is 0.0892 e. The first-order chi connectivity index (χ1) is 21.6. The number of rotatable bonds is 17. The number of nitrogens with zero attached hydrogens (tertiary/aromatic N) is 4. The van der Waals surface area contributed by atoms with E-state index in [4.69, 9.17) is 0 Å². The maximum atomic E-state index is 4.62. The molecule has 0 bridgehead atoms. The number of unbranched alkanes of at least 4 members (excludes halogenated alkanes) is 6. The highest BCUT2D eigenvalue weighted by Gasteiger charge is 2.04. The average Bonchev–Trinajstić information content (AvgIpc) is 3.07. The lowest BCUT2D eigenvalue weighted by Crippen LogP contribution is -2.18. The van der Waals surface area contributed by atoms with E-state index >= 15 is 0 Å². The zero-order valence-corrected chi connectivity index (χ0v) is 27.3. The predicted octanol–water partition coefficient (Wildman–Crippen LogP) is 10.5. The van der Waals surface area contributed by atoms with Crippen molar-refractivity contribution in [1.29, 1.82) is 0 Å². The van der Waals surface area contributed by atoms with Crippen LogP contribution in [0.5, 0.6) is 0 Å². The van der Waals surface area contributed by atoms with Crippen LogP contribution in [-0.4, -0.2) is 37.2 Å². The molecule has 0 amide bonds. The molecule has 2 heterocycles. The molecule has 0 unspecified atom stereocenters. The Labute approximate surface area is 266 Å². The fourth-order valence-electron chi connectivity index (χ4n) is 5.26. The van der Waals surface area contributed by atoms with Gasteiger partial charge in [0, 0.05) is 51.0 Å². The minimum absolute atomic E-state index is 0.869. The monoisotopic (exact) mass is 586 g/mol. The van der Waals surface area contributed by atoms with Crippen LogP contribution in [0, 0.1) is 0 Å². The van der Waals surface area contributed by atoms with Gasteiger partial charge in [0.05, 0.1) is 11.4 Å². The van der Waals surface area contributed by atoms with Crippen LogP contribution in [0.15, 0.2) is 85.2 Å². The Hall–Kier alpha value is -4.18. The fourth-order valence-corrected chi connectivity index (χ4v) is 5.26. The van der Waals surface area contributed by atoms with Crippen molar-refractivity contribution in [3.05, 3.63) is 107 Å². The molecule has 0 saturated heterocycles. The highest BCUT2D eigenvalue weighted by atomic mass is 15.1. The maximum absolute atomic E-state index is 4.62. The molecule has 0 N–H and O–H groups in total. The quantitative estimate of drug-likeness (QED) is 0.115. The summed E-state index contributed by atoms with van der Waals surface area (Å²) in [6, 6.07) is 25.9. The topological polar surface area (TPSA) is 32.3 Å². The molecule has 0 aliphatic rings. The number of anilines is 2. The standard InChI is InChI=1S/C40H50N4/c1-5-7-9-11-29-43(3)37-21-17-33(18-22-37)13-15-35-25-27-41-39(31-35)40-32-36(26-28-42-40)16-14-34-19-23-38(24-20-34)44(4)30-12-10-8-6-2/h13-28,31-32H,5-12,29-30H2,1-4H3/b15-13+,16-14+. The first kappa shape index (κ1) is 32.7. The second-order valence-corrected chi connectivity index (χ2v) is 11.8. The summed E-state index contributed by atoms with van der Waals surface area (Å²) in [6.45, 7) is 6.72. The zero-order valence-electron chi connectivity index (χ0n) is 27.3. The second kappa shape index (κ2) is 17.8. The normalized spacial score (nSPS) is 11.5. The van der Waals surface area contributed by atoms with E-state index in [0.29, 0.717) is 0 Å². The average molecular weight is 587 g/mol. The van der Waals surface area contributed by atoms with E-state index in [1.807, 2.05) is 24.5 Å². The Kier molecular flexibility index (Phi) is 13.3. The van der Waals surface area contributed by atoms with Gasteiger partial charge in [-0.05, 0) is 83.6 Å². The molecule has 0 radical (unpaired) electrons. The number of benzene rings is 2. The van der Waals surface area contributed by atoms with Crippen molar-refractivity contribution in [2.75, 3.05) is 37.0 Å². The number of hydrogen-bond acceptors (Lipinski definition) is 4. The fraction of sp³-hybridized carbons (Fsp3) is 0.350. The van der Waals surface area contributed by atoms with Gasteiger partial charge < -0.3 is 9.80 Å². The van der Waals surface area contributed by atoms with Crippen LogP contribution >= 0.6 is 0 Å². The summed E-state index contributed by atoms with van der Waals surface area (Å²) in [5.74, 6) is 0. The summed E-state index contributed by atoms with van der Waals surface area (Å²) in [6.07, 6.45) is 22.6. The van der Waals surface area contributed by atoms with Crippen molar-refractivity contribution in [2.24, 2.45) is 0 Å². The molecular weight excluding hydrogens is 536 g/mol. The van der Waals surface area contributed by atoms with Crippen molar-refractivity contribution in [2.45, 2.75) is 65.2 Å². The summed E-state index contributed by atoms with van der Waals surface area (Å²) in [7, 11) is 4.36. The SMILES string of the molecule is CCCCCCN(C)c1ccc(/C=C/c2ccnc(-c3cc(/C=C/c4ccc(N(C)CCCCCC)cc4)ccn3)c2)cc1. The van der Waals surface area contributed by atoms with Gasteiger partial charge in [0.15, 0.2) is 0 Å². The van der Waals surface area contributed by atoms with Crippen LogP contribution in [0.2, 0.25) is 0 Å². The summed E-state index contributed by atoms with van der Waals surface area (Å²) < 4.78 is 0. The van der Waals surface area contributed by atoms with Crippen molar-refractivity contribution < 1.29 is 0 Å². The third-order valence-corrected chi connectivity index (χ3v) is 8.13. The van der Waals surface area contributed by atoms with Crippen LogP contribution in [0.25, 0.3) is 35.7 Å². The Morgan fingerprint density at radius 1 is 0.477 bits per heavy atom. The van der Waals surface area contributed by atoms with Crippen LogP contribution in [-0.2, 0) is 0 Å². The summed E-state index contributed by atoms with van der Waals surface area (Å²) >= 11 is 0. The lowest BCUT2D eigenvalue weighted by molar-refractivity contribution is 0.661. The van der Waals surface area contributed by atoms with Crippen LogP contribution in [0.1, 0.15) is 87.5 Å². The van der Waals surface area contributed by atoms with Crippen LogP contribution < -0.4 is 9.80 Å². The third kappa shape index (κ3) is 10.5. The first-order valence-electron chi connectivity index (χ1n) is 16.5. The van der Waals surface area contributed by atoms with E-state index in [0.717, 1.165) is 35.6 Å². The summed E-state index contributed by atoms with van der Waals surface area (Å²) in [4.78, 5) is 13.9. The summed E-state index contributed by atoms with van der Waals surface area (Å²) in [5, 5.41) is 0. The van der Waals surface area contributed by atoms with Gasteiger partial charge in [0.1, 0.15) is 0 Å². The van der Waals surface area contributed by atoms with E-state index < -0.39 is 0 Å². The predicted molar refractivity (Wildman–Crippen MR) is 193 cm³/mol. The molecule has 2 aromatic carbocycles. The van der Waals surface area contributed by atoms with Gasteiger partial charge in [-0.2, -0.15) is 0 Å². The van der Waals surface area contributed by atoms with Crippen molar-refractivity contribution in [3.8, 4) is 11.4 Å². The Morgan fingerprint density at radius 2 is 0.864 bits per heavy atom. The van der Waals surface area contributed by atoms with E-state index in [2.05, 4.69) is 133 Å². The molecular formula is C40H50N4. The molecule has 44 heavy (non-hydrogen) atoms. The molecule has 4 rings (SSSR count). The molecule has 0 spiro atoms. The van der Waals surface area contributed by atoms with Gasteiger partial charge >= 0.3 is 0 Å². The van der Waals surface area contributed by atoms with E-state index in [9.17, 15) is 0 Å². The van der Waals surface area contributed by atoms with Gasteiger partial charge in [0.2, 0.25) is 0 Å². The minimum atomic E-state index is 0.869. The van der Waals surface area contributed by atoms with Crippen molar-refractivity contribution >= 4 is 35.7 Å². The van der Waals surface area contributed by atoms with Gasteiger partial charge in [-0.25, -0.2) is 0 Å². The lowest BCUT2D eigenvalue weighted by atomic mass is 10.1. The van der Waals surface area contributed by atoms with Gasteiger partial charge in [0.25, 0.3) is 0 Å². The number of pyridine rings is 2. The largest absolute Gasteiger partial charge is 0.375 e. The second-order valence-electron chi connectivity index (χ2n) is 11.8. The van der Waals surface area contributed by atoms with Crippen LogP contribution in [0.3, 0.4) is 0 Å².